The van der Waals surface area contributed by atoms with E-state index in [1.165, 1.54) is 5.69 Å². The Balaban J connectivity index is 1.22. The molecule has 9 heteroatoms. The number of hydrogen-bond acceptors (Lipinski definition) is 6. The molecule has 1 aliphatic rings. The number of aryl methyl sites for hydroxylation is 2. The van der Waals surface area contributed by atoms with E-state index in [9.17, 15) is 5.26 Å². The van der Waals surface area contributed by atoms with Crippen LogP contribution in [0.2, 0.25) is 12.6 Å². The Bertz CT molecular complexity index is 1690. The van der Waals surface area contributed by atoms with Crippen molar-refractivity contribution in [3.63, 3.8) is 0 Å². The first-order valence-corrected chi connectivity index (χ1v) is 15.5. The van der Waals surface area contributed by atoms with Gasteiger partial charge in [-0.15, -0.1) is 0 Å². The standard InChI is InChI=1S/C34H43BN8/c1-7-24(3)27-16-25(4)39-31(17-27)29-20-38-41(6)32(29)11-9-8-10-23(2)21-43-33-18-28(12-13-30(33)40-34(43)37)42-15-14-35(22-36)19-26(42)5/h12-13,16-18,20,23H,3,5,7-11,14-15,19,21H2,1-2,4,6H3,(H2,37,40). The van der Waals surface area contributed by atoms with Gasteiger partial charge in [-0.1, -0.05) is 33.4 Å². The second-order valence-electron chi connectivity index (χ2n) is 12.1. The van der Waals surface area contributed by atoms with Crippen LogP contribution in [0.25, 0.3) is 27.9 Å². The summed E-state index contributed by atoms with van der Waals surface area (Å²) in [6.07, 6.45) is 8.64. The van der Waals surface area contributed by atoms with E-state index in [2.05, 4.69) is 76.8 Å². The van der Waals surface area contributed by atoms with Crippen LogP contribution in [0.15, 0.2) is 55.4 Å². The highest BCUT2D eigenvalue weighted by molar-refractivity contribution is 6.68. The van der Waals surface area contributed by atoms with Crippen molar-refractivity contribution in [3.05, 3.63) is 72.3 Å². The van der Waals surface area contributed by atoms with Gasteiger partial charge >= 0.3 is 0 Å². The summed E-state index contributed by atoms with van der Waals surface area (Å²) in [5, 5.41) is 13.9. The minimum Gasteiger partial charge on any atom is -0.369 e. The maximum Gasteiger partial charge on any atom is 0.275 e. The van der Waals surface area contributed by atoms with E-state index in [1.807, 2.05) is 30.9 Å². The molecule has 0 saturated carbocycles. The molecular formula is C34H43BN8. The molecule has 222 valence electrons. The molecule has 0 bridgehead atoms. The number of pyridine rings is 1. The molecule has 1 aliphatic heterocycles. The Morgan fingerprint density at radius 3 is 2.77 bits per heavy atom. The lowest BCUT2D eigenvalue weighted by Gasteiger charge is -2.32. The molecular weight excluding hydrogens is 531 g/mol. The van der Waals surface area contributed by atoms with Gasteiger partial charge in [0, 0.05) is 54.4 Å². The molecule has 0 aliphatic carbocycles. The van der Waals surface area contributed by atoms with E-state index >= 15 is 0 Å². The summed E-state index contributed by atoms with van der Waals surface area (Å²) in [6.45, 7) is 16.6. The highest BCUT2D eigenvalue weighted by Gasteiger charge is 2.26. The molecule has 4 heterocycles. The number of nitriles is 1. The van der Waals surface area contributed by atoms with Gasteiger partial charge in [-0.2, -0.15) is 5.10 Å². The predicted octanol–water partition coefficient (Wildman–Crippen LogP) is 7.09. The number of hydrogen-bond donors (Lipinski definition) is 1. The largest absolute Gasteiger partial charge is 0.369 e. The normalized spacial score (nSPS) is 14.3. The number of anilines is 2. The van der Waals surface area contributed by atoms with Crippen LogP contribution in [0.3, 0.4) is 0 Å². The van der Waals surface area contributed by atoms with Crippen molar-refractivity contribution in [2.75, 3.05) is 17.2 Å². The van der Waals surface area contributed by atoms with E-state index in [0.717, 1.165) is 102 Å². The fourth-order valence-electron chi connectivity index (χ4n) is 6.23. The van der Waals surface area contributed by atoms with E-state index < -0.39 is 0 Å². The van der Waals surface area contributed by atoms with Gasteiger partial charge in [0.1, 0.15) is 0 Å². The lowest BCUT2D eigenvalue weighted by molar-refractivity contribution is 0.437. The third-order valence-corrected chi connectivity index (χ3v) is 8.80. The fraction of sp³-hybridized carbons (Fsp3) is 0.412. The number of rotatable bonds is 11. The number of imidazole rings is 1. The van der Waals surface area contributed by atoms with Crippen LogP contribution in [-0.4, -0.2) is 37.6 Å². The molecule has 0 amide bonds. The Morgan fingerprint density at radius 2 is 2.02 bits per heavy atom. The molecule has 8 nitrogen and oxygen atoms in total. The van der Waals surface area contributed by atoms with Crippen molar-refractivity contribution >= 4 is 35.0 Å². The monoisotopic (exact) mass is 574 g/mol. The fourth-order valence-corrected chi connectivity index (χ4v) is 6.23. The zero-order valence-corrected chi connectivity index (χ0v) is 26.1. The minimum atomic E-state index is 0.0531. The third kappa shape index (κ3) is 6.54. The molecule has 43 heavy (non-hydrogen) atoms. The number of unbranched alkanes of at least 4 members (excludes halogenated alkanes) is 1. The first-order valence-electron chi connectivity index (χ1n) is 15.5. The summed E-state index contributed by atoms with van der Waals surface area (Å²) in [7, 11) is 2.02. The van der Waals surface area contributed by atoms with Crippen LogP contribution in [0, 0.1) is 24.1 Å². The first-order chi connectivity index (χ1) is 20.7. The molecule has 2 N–H and O–H groups in total. The molecule has 1 fully saturated rings. The molecule has 1 unspecified atom stereocenters. The van der Waals surface area contributed by atoms with Crippen molar-refractivity contribution in [2.45, 2.75) is 72.1 Å². The molecule has 3 aromatic heterocycles. The lowest BCUT2D eigenvalue weighted by Crippen LogP contribution is -2.34. The Kier molecular flexibility index (Phi) is 9.05. The third-order valence-electron chi connectivity index (χ3n) is 8.80. The van der Waals surface area contributed by atoms with Gasteiger partial charge in [0.15, 0.2) is 0 Å². The maximum atomic E-state index is 9.33. The number of benzene rings is 1. The quantitative estimate of drug-likeness (QED) is 0.152. The summed E-state index contributed by atoms with van der Waals surface area (Å²) >= 11 is 0. The number of nitrogens with zero attached hydrogens (tertiary/aromatic N) is 7. The van der Waals surface area contributed by atoms with Crippen molar-refractivity contribution in [1.29, 1.82) is 5.26 Å². The van der Waals surface area contributed by atoms with Crippen LogP contribution >= 0.6 is 0 Å². The molecule has 4 aromatic rings. The number of nitrogens with two attached hydrogens (primary N) is 1. The van der Waals surface area contributed by atoms with Crippen LogP contribution in [0.1, 0.15) is 56.5 Å². The second-order valence-corrected chi connectivity index (χ2v) is 12.1. The average molecular weight is 575 g/mol. The van der Waals surface area contributed by atoms with Crippen molar-refractivity contribution in [3.8, 4) is 17.2 Å². The molecule has 0 spiro atoms. The Hall–Kier alpha value is -4.32. The van der Waals surface area contributed by atoms with Gasteiger partial charge in [0.05, 0.1) is 22.9 Å². The van der Waals surface area contributed by atoms with Gasteiger partial charge in [0.2, 0.25) is 5.95 Å². The zero-order valence-electron chi connectivity index (χ0n) is 26.1. The predicted molar refractivity (Wildman–Crippen MR) is 179 cm³/mol. The zero-order chi connectivity index (χ0) is 30.7. The summed E-state index contributed by atoms with van der Waals surface area (Å²) in [5.74, 6) is 3.39. The molecule has 1 aromatic carbocycles. The van der Waals surface area contributed by atoms with E-state index in [1.54, 1.807) is 0 Å². The summed E-state index contributed by atoms with van der Waals surface area (Å²) in [6, 6.07) is 10.6. The number of nitrogen functional groups attached to an aromatic ring is 1. The number of allylic oxidation sites excluding steroid dienone is 2. The molecule has 0 radical (unpaired) electrons. The van der Waals surface area contributed by atoms with Crippen molar-refractivity contribution < 1.29 is 0 Å². The van der Waals surface area contributed by atoms with Crippen LogP contribution in [-0.2, 0) is 20.0 Å². The smallest absolute Gasteiger partial charge is 0.275 e. The molecule has 1 atom stereocenters. The van der Waals surface area contributed by atoms with E-state index in [0.29, 0.717) is 18.2 Å². The highest BCUT2D eigenvalue weighted by atomic mass is 15.3. The minimum absolute atomic E-state index is 0.0531. The summed E-state index contributed by atoms with van der Waals surface area (Å²) < 4.78 is 4.14. The first kappa shape index (κ1) is 30.2. The van der Waals surface area contributed by atoms with Gasteiger partial charge in [0.25, 0.3) is 6.71 Å². The van der Waals surface area contributed by atoms with Crippen LogP contribution in [0.4, 0.5) is 11.6 Å². The summed E-state index contributed by atoms with van der Waals surface area (Å²) in [4.78, 5) is 11.7. The number of fused-ring (bicyclic) bond motifs is 1. The Morgan fingerprint density at radius 1 is 1.21 bits per heavy atom. The van der Waals surface area contributed by atoms with Crippen molar-refractivity contribution in [1.82, 2.24) is 24.3 Å². The van der Waals surface area contributed by atoms with Gasteiger partial charge in [-0.05, 0) is 92.6 Å². The van der Waals surface area contributed by atoms with Crippen LogP contribution < -0.4 is 10.6 Å². The second kappa shape index (κ2) is 12.9. The lowest BCUT2D eigenvalue weighted by atomic mass is 9.44. The van der Waals surface area contributed by atoms with E-state index in [4.69, 9.17) is 10.7 Å². The van der Waals surface area contributed by atoms with Crippen LogP contribution in [0.5, 0.6) is 0 Å². The van der Waals surface area contributed by atoms with Crippen molar-refractivity contribution in [2.24, 2.45) is 13.0 Å². The Labute approximate surface area is 256 Å². The maximum absolute atomic E-state index is 9.33. The van der Waals surface area contributed by atoms with Gasteiger partial charge < -0.3 is 15.2 Å². The van der Waals surface area contributed by atoms with Gasteiger partial charge in [-0.3, -0.25) is 9.67 Å². The molecule has 5 rings (SSSR count). The highest BCUT2D eigenvalue weighted by Crippen LogP contribution is 2.32. The SMILES string of the molecule is C=C(CC)c1cc(C)nc(-c2cnn(C)c2CCCCC(C)Cn2c(N)nc3ccc(N4CCB(C#N)CC4=C)cc32)c1. The topological polar surface area (TPSA) is 102 Å². The molecule has 1 saturated heterocycles. The van der Waals surface area contributed by atoms with Gasteiger partial charge in [-0.25, -0.2) is 10.2 Å². The summed E-state index contributed by atoms with van der Waals surface area (Å²) in [5.41, 5.74) is 17.0. The number of aromatic nitrogens is 5. The average Bonchev–Trinajstić information content (AvgIpc) is 3.52. The van der Waals surface area contributed by atoms with E-state index in [-0.39, 0.29) is 6.71 Å².